The van der Waals surface area contributed by atoms with Gasteiger partial charge in [-0.15, -0.1) is 0 Å². The maximum Gasteiger partial charge on any atom is 0.255 e. The molecular weight excluding hydrogens is 362 g/mol. The highest BCUT2D eigenvalue weighted by Gasteiger charge is 2.44. The van der Waals surface area contributed by atoms with Crippen molar-refractivity contribution >= 4 is 22.7 Å². The molecule has 5 nitrogen and oxygen atoms in total. The average Bonchev–Trinajstić information content (AvgIpc) is 3.13. The zero-order chi connectivity index (χ0) is 20.9. The van der Waals surface area contributed by atoms with Crippen molar-refractivity contribution in [3.05, 3.63) is 70.9 Å². The topological polar surface area (TPSA) is 65.2 Å². The van der Waals surface area contributed by atoms with E-state index in [1.807, 2.05) is 77.1 Å². The van der Waals surface area contributed by atoms with E-state index in [2.05, 4.69) is 16.4 Å². The summed E-state index contributed by atoms with van der Waals surface area (Å²) in [6, 6.07) is 14.9. The van der Waals surface area contributed by atoms with Crippen LogP contribution >= 0.6 is 0 Å². The molecule has 2 unspecified atom stereocenters. The van der Waals surface area contributed by atoms with Crippen LogP contribution in [0.25, 0.3) is 10.9 Å². The molecule has 2 atom stereocenters. The Bertz CT molecular complexity index is 1110. The van der Waals surface area contributed by atoms with Crippen LogP contribution < -0.4 is 5.32 Å². The van der Waals surface area contributed by atoms with Crippen LogP contribution in [-0.2, 0) is 4.79 Å². The molecule has 1 aromatic heterocycles. The number of aromatic amines is 1. The summed E-state index contributed by atoms with van der Waals surface area (Å²) in [7, 11) is 0. The number of aromatic nitrogens is 1. The summed E-state index contributed by atoms with van der Waals surface area (Å²) in [5, 5.41) is 4.10. The Morgan fingerprint density at radius 3 is 2.48 bits per heavy atom. The quantitative estimate of drug-likeness (QED) is 0.700. The van der Waals surface area contributed by atoms with Crippen molar-refractivity contribution in [2.45, 2.75) is 52.2 Å². The molecule has 2 aromatic carbocycles. The van der Waals surface area contributed by atoms with Gasteiger partial charge in [0.1, 0.15) is 6.04 Å². The van der Waals surface area contributed by atoms with Crippen LogP contribution in [0.4, 0.5) is 0 Å². The highest BCUT2D eigenvalue weighted by Crippen LogP contribution is 2.43. The fourth-order valence-electron chi connectivity index (χ4n) is 4.28. The van der Waals surface area contributed by atoms with Crippen LogP contribution in [0.2, 0.25) is 0 Å². The van der Waals surface area contributed by atoms with Crippen LogP contribution in [0.1, 0.15) is 60.9 Å². The van der Waals surface area contributed by atoms with Gasteiger partial charge >= 0.3 is 0 Å². The average molecular weight is 389 g/mol. The molecule has 4 rings (SSSR count). The summed E-state index contributed by atoms with van der Waals surface area (Å²) in [5.41, 5.74) is 4.33. The number of nitrogens with zero attached hydrogens (tertiary/aromatic N) is 1. The number of fused-ring (bicyclic) bond motifs is 2. The Balaban J connectivity index is 1.87. The number of carbonyl (C=O) groups excluding carboxylic acids is 2. The van der Waals surface area contributed by atoms with Crippen molar-refractivity contribution in [2.75, 3.05) is 0 Å². The fraction of sp³-hybridized carbons (Fsp3) is 0.333. The third-order valence-corrected chi connectivity index (χ3v) is 5.51. The first-order chi connectivity index (χ1) is 13.7. The molecule has 1 aliphatic heterocycles. The predicted octanol–water partition coefficient (Wildman–Crippen LogP) is 4.32. The molecule has 0 spiro atoms. The molecule has 2 N–H and O–H groups in total. The van der Waals surface area contributed by atoms with Crippen LogP contribution in [0.5, 0.6) is 0 Å². The first kappa shape index (κ1) is 19.2. The Morgan fingerprint density at radius 1 is 1.10 bits per heavy atom. The van der Waals surface area contributed by atoms with E-state index in [4.69, 9.17) is 0 Å². The Morgan fingerprint density at radius 2 is 1.76 bits per heavy atom. The standard InChI is InChI=1S/C24H27N3O2/c1-14-20(18-12-8-9-13-19(18)25-14)21-16-10-6-7-11-17(16)23(29)27(21)15(2)22(28)26-24(3,4)5/h6-13,15,21,25H,1-5H3,(H,26,28). The Hall–Kier alpha value is -3.08. The summed E-state index contributed by atoms with van der Waals surface area (Å²) in [6.45, 7) is 9.67. The summed E-state index contributed by atoms with van der Waals surface area (Å²) < 4.78 is 0. The second-order valence-electron chi connectivity index (χ2n) is 8.83. The van der Waals surface area contributed by atoms with E-state index in [1.165, 1.54) is 0 Å². The maximum atomic E-state index is 13.4. The van der Waals surface area contributed by atoms with Crippen LogP contribution in [-0.4, -0.2) is 33.3 Å². The van der Waals surface area contributed by atoms with Gasteiger partial charge in [-0.25, -0.2) is 0 Å². The number of nitrogens with one attached hydrogen (secondary N) is 2. The minimum Gasteiger partial charge on any atom is -0.358 e. The lowest BCUT2D eigenvalue weighted by molar-refractivity contribution is -0.126. The smallest absolute Gasteiger partial charge is 0.255 e. The molecule has 5 heteroatoms. The second kappa shape index (κ2) is 6.76. The largest absolute Gasteiger partial charge is 0.358 e. The lowest BCUT2D eigenvalue weighted by Gasteiger charge is -2.33. The lowest BCUT2D eigenvalue weighted by Crippen LogP contribution is -2.52. The fourth-order valence-corrected chi connectivity index (χ4v) is 4.28. The normalized spacial score (nSPS) is 17.5. The molecule has 0 fully saturated rings. The van der Waals surface area contributed by atoms with Gasteiger partial charge in [0.2, 0.25) is 5.91 Å². The van der Waals surface area contributed by atoms with Crippen molar-refractivity contribution in [1.29, 1.82) is 0 Å². The van der Waals surface area contributed by atoms with Crippen LogP contribution in [0, 0.1) is 6.92 Å². The molecular formula is C24H27N3O2. The highest BCUT2D eigenvalue weighted by molar-refractivity contribution is 6.03. The van der Waals surface area contributed by atoms with Gasteiger partial charge in [0.25, 0.3) is 5.91 Å². The van der Waals surface area contributed by atoms with Gasteiger partial charge in [0.15, 0.2) is 0 Å². The number of carbonyl (C=O) groups is 2. The summed E-state index contributed by atoms with van der Waals surface area (Å²) in [4.78, 5) is 31.6. The van der Waals surface area contributed by atoms with Gasteiger partial charge < -0.3 is 15.2 Å². The molecule has 0 bridgehead atoms. The molecule has 29 heavy (non-hydrogen) atoms. The summed E-state index contributed by atoms with van der Waals surface area (Å²) >= 11 is 0. The zero-order valence-corrected chi connectivity index (χ0v) is 17.5. The molecule has 0 radical (unpaired) electrons. The van der Waals surface area contributed by atoms with E-state index in [0.717, 1.165) is 27.7 Å². The molecule has 0 saturated heterocycles. The number of hydrogen-bond donors (Lipinski definition) is 2. The lowest BCUT2D eigenvalue weighted by atomic mass is 9.95. The van der Waals surface area contributed by atoms with Crippen molar-refractivity contribution in [3.8, 4) is 0 Å². The molecule has 1 aliphatic rings. The second-order valence-corrected chi connectivity index (χ2v) is 8.83. The third-order valence-electron chi connectivity index (χ3n) is 5.51. The first-order valence-electron chi connectivity index (χ1n) is 10.00. The third kappa shape index (κ3) is 3.20. The number of amides is 2. The van der Waals surface area contributed by atoms with Crippen molar-refractivity contribution in [3.63, 3.8) is 0 Å². The summed E-state index contributed by atoms with van der Waals surface area (Å²) in [5.74, 6) is -0.256. The molecule has 0 saturated carbocycles. The van der Waals surface area contributed by atoms with Crippen molar-refractivity contribution in [1.82, 2.24) is 15.2 Å². The number of rotatable bonds is 3. The van der Waals surface area contributed by atoms with Crippen LogP contribution in [0.3, 0.4) is 0 Å². The number of para-hydroxylation sites is 1. The van der Waals surface area contributed by atoms with Crippen LogP contribution in [0.15, 0.2) is 48.5 Å². The maximum absolute atomic E-state index is 13.4. The molecule has 3 aromatic rings. The number of aryl methyl sites for hydroxylation is 1. The summed E-state index contributed by atoms with van der Waals surface area (Å²) in [6.07, 6.45) is 0. The van der Waals surface area contributed by atoms with Gasteiger partial charge in [-0.1, -0.05) is 36.4 Å². The number of H-pyrrole nitrogens is 1. The SMILES string of the molecule is Cc1[nH]c2ccccc2c1C1c2ccccc2C(=O)N1C(C)C(=O)NC(C)(C)C. The molecule has 0 aliphatic carbocycles. The minimum absolute atomic E-state index is 0.105. The molecule has 150 valence electrons. The minimum atomic E-state index is -0.604. The van der Waals surface area contributed by atoms with Gasteiger partial charge in [-0.2, -0.15) is 0 Å². The van der Waals surface area contributed by atoms with E-state index in [-0.39, 0.29) is 23.4 Å². The van der Waals surface area contributed by atoms with E-state index in [1.54, 1.807) is 4.90 Å². The number of benzene rings is 2. The molecule has 2 heterocycles. The Kier molecular flexibility index (Phi) is 4.49. The van der Waals surface area contributed by atoms with Gasteiger partial charge in [-0.05, 0) is 52.3 Å². The molecule has 2 amide bonds. The zero-order valence-electron chi connectivity index (χ0n) is 17.5. The van der Waals surface area contributed by atoms with E-state index in [0.29, 0.717) is 5.56 Å². The van der Waals surface area contributed by atoms with Gasteiger partial charge in [-0.3, -0.25) is 9.59 Å². The van der Waals surface area contributed by atoms with Gasteiger partial charge in [0.05, 0.1) is 6.04 Å². The van der Waals surface area contributed by atoms with Gasteiger partial charge in [0, 0.05) is 33.3 Å². The van der Waals surface area contributed by atoms with E-state index >= 15 is 0 Å². The monoisotopic (exact) mass is 389 g/mol. The Labute approximate surface area is 171 Å². The van der Waals surface area contributed by atoms with E-state index < -0.39 is 6.04 Å². The first-order valence-corrected chi connectivity index (χ1v) is 10.00. The van der Waals surface area contributed by atoms with Crippen molar-refractivity contribution in [2.24, 2.45) is 0 Å². The highest BCUT2D eigenvalue weighted by atomic mass is 16.2. The number of hydrogen-bond acceptors (Lipinski definition) is 2. The predicted molar refractivity (Wildman–Crippen MR) is 115 cm³/mol. The van der Waals surface area contributed by atoms with Crippen molar-refractivity contribution < 1.29 is 9.59 Å². The van der Waals surface area contributed by atoms with E-state index in [9.17, 15) is 9.59 Å².